The van der Waals surface area contributed by atoms with E-state index in [1.807, 2.05) is 0 Å². The Hall–Kier alpha value is -4.04. The van der Waals surface area contributed by atoms with Crippen molar-refractivity contribution in [2.45, 2.75) is 19.5 Å². The Morgan fingerprint density at radius 2 is 1.85 bits per heavy atom. The molecule has 0 atom stereocenters. The van der Waals surface area contributed by atoms with Gasteiger partial charge in [-0.15, -0.1) is 0 Å². The molecule has 0 fully saturated rings. The van der Waals surface area contributed by atoms with Gasteiger partial charge >= 0.3 is 11.7 Å². The largest absolute Gasteiger partial charge is 0.413 e. The normalized spacial score (nSPS) is 11.1. The molecule has 1 N–H and O–H groups in total. The Morgan fingerprint density at radius 1 is 1.12 bits per heavy atom. The van der Waals surface area contributed by atoms with Crippen LogP contribution < -0.4 is 16.0 Å². The van der Waals surface area contributed by atoms with E-state index >= 15 is 0 Å². The molecule has 2 aromatic heterocycles. The number of hydrogen-bond acceptors (Lipinski definition) is 5. The van der Waals surface area contributed by atoms with Gasteiger partial charge in [-0.1, -0.05) is 18.2 Å². The van der Waals surface area contributed by atoms with Gasteiger partial charge in [0.15, 0.2) is 17.0 Å². The number of aliphatic hydroxyl groups is 1. The van der Waals surface area contributed by atoms with Crippen LogP contribution in [-0.4, -0.2) is 30.4 Å². The van der Waals surface area contributed by atoms with Crippen molar-refractivity contribution in [3.8, 4) is 11.8 Å². The predicted octanol–water partition coefficient (Wildman–Crippen LogP) is 2.14. The van der Waals surface area contributed by atoms with Crippen LogP contribution in [-0.2, 0) is 20.1 Å². The SMILES string of the molecule is Cn1c(=O)n(CCCO)c(=O)c2c1nc(Oc1c#ccc(F)c1F)n2Cc1ccc(F)cc1. The number of ether oxygens (including phenoxy) is 1. The van der Waals surface area contributed by atoms with Gasteiger partial charge < -0.3 is 9.84 Å². The highest BCUT2D eigenvalue weighted by atomic mass is 19.2. The van der Waals surface area contributed by atoms with E-state index in [-0.39, 0.29) is 43.3 Å². The Balaban J connectivity index is 1.95. The minimum absolute atomic E-state index is 0.0445. The van der Waals surface area contributed by atoms with Crippen LogP contribution in [0.3, 0.4) is 0 Å². The van der Waals surface area contributed by atoms with Gasteiger partial charge in [0.1, 0.15) is 5.82 Å². The molecule has 0 spiro atoms. The summed E-state index contributed by atoms with van der Waals surface area (Å²) in [5.74, 6) is -3.66. The van der Waals surface area contributed by atoms with Crippen molar-refractivity contribution in [2.24, 2.45) is 7.05 Å². The maximum atomic E-state index is 14.2. The summed E-state index contributed by atoms with van der Waals surface area (Å²) in [6, 6.07) is 10.4. The third-order valence-electron chi connectivity index (χ3n) is 4.98. The summed E-state index contributed by atoms with van der Waals surface area (Å²) in [6.07, 6.45) is 0.162. The highest BCUT2D eigenvalue weighted by molar-refractivity contribution is 5.72. The Kier molecular flexibility index (Phi) is 5.93. The monoisotopic (exact) mass is 458 g/mol. The molecule has 33 heavy (non-hydrogen) atoms. The molecule has 0 bridgehead atoms. The summed E-state index contributed by atoms with van der Waals surface area (Å²) in [5.41, 5.74) is -0.929. The van der Waals surface area contributed by atoms with Gasteiger partial charge in [0.25, 0.3) is 5.56 Å². The lowest BCUT2D eigenvalue weighted by atomic mass is 10.2. The summed E-state index contributed by atoms with van der Waals surface area (Å²) in [7, 11) is 1.39. The molecule has 170 valence electrons. The summed E-state index contributed by atoms with van der Waals surface area (Å²) < 4.78 is 50.0. The molecule has 2 aromatic carbocycles. The van der Waals surface area contributed by atoms with Gasteiger partial charge in [-0.2, -0.15) is 9.37 Å². The zero-order valence-corrected chi connectivity index (χ0v) is 17.3. The highest BCUT2D eigenvalue weighted by Gasteiger charge is 2.23. The predicted molar refractivity (Wildman–Crippen MR) is 111 cm³/mol. The van der Waals surface area contributed by atoms with E-state index in [0.29, 0.717) is 5.56 Å². The fourth-order valence-corrected chi connectivity index (χ4v) is 3.33. The smallest absolute Gasteiger partial charge is 0.332 e. The molecule has 0 aliphatic rings. The molecule has 11 heteroatoms. The van der Waals surface area contributed by atoms with Gasteiger partial charge in [-0.05, 0) is 30.2 Å². The molecule has 4 rings (SSSR count). The van der Waals surface area contributed by atoms with E-state index in [0.717, 1.165) is 15.2 Å². The number of nitrogens with zero attached hydrogens (tertiary/aromatic N) is 4. The average molecular weight is 458 g/mol. The number of hydrogen-bond donors (Lipinski definition) is 1. The topological polar surface area (TPSA) is 91.3 Å². The third-order valence-corrected chi connectivity index (χ3v) is 4.98. The van der Waals surface area contributed by atoms with Crippen LogP contribution in [0.5, 0.6) is 11.8 Å². The van der Waals surface area contributed by atoms with Crippen LogP contribution in [0.1, 0.15) is 12.0 Å². The lowest BCUT2D eigenvalue weighted by Crippen LogP contribution is -2.39. The number of benzene rings is 1. The molecule has 0 amide bonds. The van der Waals surface area contributed by atoms with Gasteiger partial charge in [-0.25, -0.2) is 13.6 Å². The minimum Gasteiger partial charge on any atom is -0.413 e. The number of aryl methyl sites for hydroxylation is 1. The Labute approximate surface area is 184 Å². The molecule has 0 saturated carbocycles. The first kappa shape index (κ1) is 22.2. The maximum Gasteiger partial charge on any atom is 0.332 e. The quantitative estimate of drug-likeness (QED) is 0.458. The Morgan fingerprint density at radius 3 is 2.55 bits per heavy atom. The number of aliphatic hydroxyl groups excluding tert-OH is 1. The van der Waals surface area contributed by atoms with Crippen molar-refractivity contribution in [2.75, 3.05) is 6.61 Å². The first-order valence-corrected chi connectivity index (χ1v) is 9.82. The number of halogens is 3. The molecule has 0 saturated heterocycles. The minimum atomic E-state index is -1.33. The van der Waals surface area contributed by atoms with Gasteiger partial charge in [0.2, 0.25) is 11.6 Å². The van der Waals surface area contributed by atoms with E-state index in [2.05, 4.69) is 17.1 Å². The molecular formula is C22H17F3N4O4. The van der Waals surface area contributed by atoms with Crippen LogP contribution in [0.15, 0.2) is 39.9 Å². The second-order valence-corrected chi connectivity index (χ2v) is 7.16. The van der Waals surface area contributed by atoms with Gasteiger partial charge in [0.05, 0.1) is 6.54 Å². The van der Waals surface area contributed by atoms with Crippen molar-refractivity contribution in [1.82, 2.24) is 18.7 Å². The van der Waals surface area contributed by atoms with Gasteiger partial charge in [0, 0.05) is 26.3 Å². The molecule has 2 heterocycles. The zero-order chi connectivity index (χ0) is 23.7. The van der Waals surface area contributed by atoms with Crippen molar-refractivity contribution in [3.05, 3.63) is 86.3 Å². The molecular weight excluding hydrogens is 441 g/mol. The molecule has 0 radical (unpaired) electrons. The van der Waals surface area contributed by atoms with Crippen molar-refractivity contribution >= 4 is 11.2 Å². The molecule has 4 aromatic rings. The van der Waals surface area contributed by atoms with Crippen molar-refractivity contribution in [3.63, 3.8) is 0 Å². The fourth-order valence-electron chi connectivity index (χ4n) is 3.33. The van der Waals surface area contributed by atoms with Gasteiger partial charge in [-0.3, -0.25) is 18.5 Å². The number of aromatic nitrogens is 4. The van der Waals surface area contributed by atoms with E-state index in [9.17, 15) is 22.8 Å². The van der Waals surface area contributed by atoms with Crippen LogP contribution in [0.25, 0.3) is 11.2 Å². The van der Waals surface area contributed by atoms with E-state index in [1.54, 1.807) is 0 Å². The maximum absolute atomic E-state index is 14.2. The summed E-state index contributed by atoms with van der Waals surface area (Å²) in [5, 5.41) is 9.12. The standard InChI is InChI=1S/C22H17F3N4O4/c1-27-19-18(20(31)28(22(27)32)10-3-11-30)29(12-13-6-8-14(23)9-7-13)21(26-19)33-16-5-2-4-15(24)17(16)25/h4,6-9,30H,3,10-12H2,1H3. The number of imidazole rings is 1. The average Bonchev–Trinajstić information content (AvgIpc) is 3.15. The second kappa shape index (κ2) is 8.84. The second-order valence-electron chi connectivity index (χ2n) is 7.16. The zero-order valence-electron chi connectivity index (χ0n) is 17.3. The van der Waals surface area contributed by atoms with Crippen molar-refractivity contribution in [1.29, 1.82) is 0 Å². The lowest BCUT2D eigenvalue weighted by molar-refractivity contribution is 0.277. The third kappa shape index (κ3) is 4.08. The van der Waals surface area contributed by atoms with Crippen molar-refractivity contribution < 1.29 is 23.0 Å². The van der Waals surface area contributed by atoms with Crippen LogP contribution in [0.2, 0.25) is 0 Å². The molecule has 8 nitrogen and oxygen atoms in total. The fraction of sp³-hybridized carbons (Fsp3) is 0.227. The van der Waals surface area contributed by atoms with Crippen LogP contribution in [0, 0.1) is 29.6 Å². The number of rotatable bonds is 7. The van der Waals surface area contributed by atoms with E-state index in [4.69, 9.17) is 9.84 Å². The van der Waals surface area contributed by atoms with E-state index in [1.165, 1.54) is 35.9 Å². The highest BCUT2D eigenvalue weighted by Crippen LogP contribution is 2.26. The first-order valence-electron chi connectivity index (χ1n) is 9.82. The van der Waals surface area contributed by atoms with E-state index < -0.39 is 34.5 Å². The molecule has 0 aliphatic carbocycles. The summed E-state index contributed by atoms with van der Waals surface area (Å²) in [6.45, 7) is -0.334. The number of fused-ring (bicyclic) bond motifs is 1. The molecule has 0 aliphatic heterocycles. The molecule has 0 unspecified atom stereocenters. The lowest BCUT2D eigenvalue weighted by Gasteiger charge is -2.11. The summed E-state index contributed by atoms with van der Waals surface area (Å²) in [4.78, 5) is 30.1. The van der Waals surface area contributed by atoms with Crippen LogP contribution >= 0.6 is 0 Å². The first-order chi connectivity index (χ1) is 15.8. The Bertz CT molecular complexity index is 1440. The summed E-state index contributed by atoms with van der Waals surface area (Å²) >= 11 is 0. The van der Waals surface area contributed by atoms with Crippen LogP contribution in [0.4, 0.5) is 13.2 Å².